The molecule has 0 spiro atoms. The zero-order chi connectivity index (χ0) is 16.8. The fourth-order valence-corrected chi connectivity index (χ4v) is 1.70. The second kappa shape index (κ2) is 7.22. The smallest absolute Gasteiger partial charge is 0.307 e. The van der Waals surface area contributed by atoms with Gasteiger partial charge in [0.2, 0.25) is 0 Å². The third kappa shape index (κ3) is 5.69. The normalized spacial score (nSPS) is 11.6. The number of ketones is 1. The van der Waals surface area contributed by atoms with Gasteiger partial charge in [-0.3, -0.25) is 10.2 Å². The Morgan fingerprint density at radius 1 is 1.14 bits per heavy atom. The van der Waals surface area contributed by atoms with Crippen molar-refractivity contribution in [1.82, 2.24) is 10.9 Å². The van der Waals surface area contributed by atoms with Gasteiger partial charge in [0.05, 0.1) is 0 Å². The van der Waals surface area contributed by atoms with Crippen LogP contribution < -0.4 is 16.2 Å². The molecule has 0 radical (unpaired) electrons. The van der Waals surface area contributed by atoms with Crippen LogP contribution in [0, 0.1) is 5.41 Å². The van der Waals surface area contributed by atoms with Crippen molar-refractivity contribution in [1.29, 1.82) is 0 Å². The fraction of sp³-hybridized carbons (Fsp3) is 0.412. The first-order valence-electron chi connectivity index (χ1n) is 7.22. The maximum absolute atomic E-state index is 12.2. The molecule has 0 aliphatic heterocycles. The molecule has 5 heteroatoms. The molecule has 0 aliphatic rings. The van der Waals surface area contributed by atoms with Gasteiger partial charge in [0.1, 0.15) is 5.78 Å². The molecular weight excluding hydrogens is 278 g/mol. The minimum absolute atomic E-state index is 0.0604. The predicted octanol–water partition coefficient (Wildman–Crippen LogP) is 3.26. The Morgan fingerprint density at radius 3 is 2.27 bits per heavy atom. The molecule has 0 aliphatic carbocycles. The highest BCUT2D eigenvalue weighted by molar-refractivity contribution is 5.89. The summed E-state index contributed by atoms with van der Waals surface area (Å²) in [7, 11) is 0. The van der Waals surface area contributed by atoms with E-state index in [0.29, 0.717) is 5.69 Å². The molecule has 1 rings (SSSR count). The molecule has 0 unspecified atom stereocenters. The maximum atomic E-state index is 12.2. The zero-order valence-corrected chi connectivity index (χ0v) is 13.7. The van der Waals surface area contributed by atoms with E-state index in [2.05, 4.69) is 22.7 Å². The maximum Gasteiger partial charge on any atom is 0.333 e. The number of hydrogen-bond acceptors (Lipinski definition) is 3. The molecule has 0 heterocycles. The van der Waals surface area contributed by atoms with Gasteiger partial charge in [-0.25, -0.2) is 10.2 Å². The Kier molecular flexibility index (Phi) is 5.88. The molecule has 0 saturated heterocycles. The molecule has 0 atom stereocenters. The first-order chi connectivity index (χ1) is 10.2. The van der Waals surface area contributed by atoms with Crippen molar-refractivity contribution >= 4 is 17.5 Å². The molecule has 0 saturated carbocycles. The standard InChI is InChI=1S/C17H25N3O2/c1-6-16(2,3)14(21)12-17(4,5)20-19-15(22)18-13-10-8-7-9-11-13/h6-11,20H,1,12H2,2-5H3,(H2,18,19,22). The van der Waals surface area contributed by atoms with Gasteiger partial charge < -0.3 is 5.32 Å². The lowest BCUT2D eigenvalue weighted by molar-refractivity contribution is -0.126. The largest absolute Gasteiger partial charge is 0.333 e. The van der Waals surface area contributed by atoms with Gasteiger partial charge in [-0.05, 0) is 39.8 Å². The van der Waals surface area contributed by atoms with Crippen LogP contribution in [0.1, 0.15) is 34.1 Å². The molecule has 0 fully saturated rings. The number of para-hydroxylation sites is 1. The summed E-state index contributed by atoms with van der Waals surface area (Å²) < 4.78 is 0. The lowest BCUT2D eigenvalue weighted by atomic mass is 9.82. The minimum Gasteiger partial charge on any atom is -0.307 e. The number of carbonyl (C=O) groups is 2. The quantitative estimate of drug-likeness (QED) is 0.535. The second-order valence-electron chi connectivity index (χ2n) is 6.48. The number of hydrogen-bond donors (Lipinski definition) is 3. The van der Waals surface area contributed by atoms with Gasteiger partial charge >= 0.3 is 6.03 Å². The van der Waals surface area contributed by atoms with Crippen molar-refractivity contribution in [3.05, 3.63) is 43.0 Å². The third-order valence-corrected chi connectivity index (χ3v) is 3.38. The van der Waals surface area contributed by atoms with Crippen molar-refractivity contribution in [2.45, 2.75) is 39.7 Å². The minimum atomic E-state index is -0.578. The topological polar surface area (TPSA) is 70.2 Å². The van der Waals surface area contributed by atoms with Crippen molar-refractivity contribution in [3.8, 4) is 0 Å². The summed E-state index contributed by atoms with van der Waals surface area (Å²) in [6, 6.07) is 8.75. The summed E-state index contributed by atoms with van der Waals surface area (Å²) >= 11 is 0. The molecule has 0 bridgehead atoms. The number of anilines is 1. The van der Waals surface area contributed by atoms with Gasteiger partial charge in [-0.15, -0.1) is 6.58 Å². The SMILES string of the molecule is C=CC(C)(C)C(=O)CC(C)(C)NNC(=O)Nc1ccccc1. The average Bonchev–Trinajstić information content (AvgIpc) is 2.46. The van der Waals surface area contributed by atoms with Gasteiger partial charge in [0.15, 0.2) is 0 Å². The van der Waals surface area contributed by atoms with Gasteiger partial charge in [0.25, 0.3) is 0 Å². The van der Waals surface area contributed by atoms with E-state index in [1.165, 1.54) is 0 Å². The summed E-state index contributed by atoms with van der Waals surface area (Å²) in [5.74, 6) is 0.0604. The number of benzene rings is 1. The van der Waals surface area contributed by atoms with Crippen LogP contribution in [-0.2, 0) is 4.79 Å². The van der Waals surface area contributed by atoms with Crippen LogP contribution in [0.2, 0.25) is 0 Å². The van der Waals surface area contributed by atoms with Crippen molar-refractivity contribution in [3.63, 3.8) is 0 Å². The highest BCUT2D eigenvalue weighted by atomic mass is 16.2. The van der Waals surface area contributed by atoms with Crippen LogP contribution in [0.4, 0.5) is 10.5 Å². The third-order valence-electron chi connectivity index (χ3n) is 3.38. The number of allylic oxidation sites excluding steroid dienone is 1. The van der Waals surface area contributed by atoms with E-state index >= 15 is 0 Å². The van der Waals surface area contributed by atoms with Crippen LogP contribution in [0.5, 0.6) is 0 Å². The van der Waals surface area contributed by atoms with Crippen molar-refractivity contribution in [2.75, 3.05) is 5.32 Å². The number of amides is 2. The Labute approximate surface area is 132 Å². The van der Waals surface area contributed by atoms with Gasteiger partial charge in [-0.1, -0.05) is 24.3 Å². The average molecular weight is 303 g/mol. The number of Topliss-reactive ketones (excluding diaryl/α,β-unsaturated/α-hetero) is 1. The molecule has 2 amide bonds. The lowest BCUT2D eigenvalue weighted by Crippen LogP contribution is -2.53. The van der Waals surface area contributed by atoms with Crippen LogP contribution >= 0.6 is 0 Å². The fourth-order valence-electron chi connectivity index (χ4n) is 1.70. The summed E-state index contributed by atoms with van der Waals surface area (Å²) in [6.45, 7) is 11.0. The molecular formula is C17H25N3O2. The van der Waals surface area contributed by atoms with E-state index in [-0.39, 0.29) is 18.2 Å². The first-order valence-corrected chi connectivity index (χ1v) is 7.22. The van der Waals surface area contributed by atoms with Gasteiger partial charge in [-0.2, -0.15) is 0 Å². The molecule has 5 nitrogen and oxygen atoms in total. The van der Waals surface area contributed by atoms with E-state index in [4.69, 9.17) is 0 Å². The molecule has 3 N–H and O–H groups in total. The van der Waals surface area contributed by atoms with Crippen molar-refractivity contribution < 1.29 is 9.59 Å². The number of carbonyl (C=O) groups excluding carboxylic acids is 2. The molecule has 1 aromatic carbocycles. The Morgan fingerprint density at radius 2 is 1.73 bits per heavy atom. The van der Waals surface area contributed by atoms with E-state index in [1.54, 1.807) is 18.2 Å². The Hall–Kier alpha value is -2.14. The monoisotopic (exact) mass is 303 g/mol. The molecule has 22 heavy (non-hydrogen) atoms. The number of nitrogens with one attached hydrogen (secondary N) is 3. The zero-order valence-electron chi connectivity index (χ0n) is 13.7. The van der Waals surface area contributed by atoms with Crippen LogP contribution in [0.25, 0.3) is 0 Å². The molecule has 0 aromatic heterocycles. The lowest BCUT2D eigenvalue weighted by Gasteiger charge is -2.29. The summed E-state index contributed by atoms with van der Waals surface area (Å²) in [5, 5.41) is 2.70. The summed E-state index contributed by atoms with van der Waals surface area (Å²) in [4.78, 5) is 24.0. The van der Waals surface area contributed by atoms with E-state index in [1.807, 2.05) is 45.9 Å². The van der Waals surface area contributed by atoms with Crippen LogP contribution in [0.3, 0.4) is 0 Å². The predicted molar refractivity (Wildman–Crippen MR) is 89.4 cm³/mol. The van der Waals surface area contributed by atoms with Gasteiger partial charge in [0, 0.05) is 23.1 Å². The molecule has 1 aromatic rings. The van der Waals surface area contributed by atoms with Crippen LogP contribution in [0.15, 0.2) is 43.0 Å². The summed E-state index contributed by atoms with van der Waals surface area (Å²) in [5.41, 5.74) is 5.01. The number of urea groups is 1. The van der Waals surface area contributed by atoms with E-state index in [0.717, 1.165) is 0 Å². The number of hydrazine groups is 1. The number of rotatable bonds is 7. The second-order valence-corrected chi connectivity index (χ2v) is 6.48. The highest BCUT2D eigenvalue weighted by Gasteiger charge is 2.30. The van der Waals surface area contributed by atoms with E-state index in [9.17, 15) is 9.59 Å². The Bertz CT molecular complexity index is 536. The first kappa shape index (κ1) is 17.9. The van der Waals surface area contributed by atoms with E-state index < -0.39 is 11.0 Å². The Balaban J connectivity index is 2.50. The van der Waals surface area contributed by atoms with Crippen LogP contribution in [-0.4, -0.2) is 17.4 Å². The highest BCUT2D eigenvalue weighted by Crippen LogP contribution is 2.23. The summed E-state index contributed by atoms with van der Waals surface area (Å²) in [6.07, 6.45) is 1.92. The van der Waals surface area contributed by atoms with Crippen molar-refractivity contribution in [2.24, 2.45) is 5.41 Å². The molecule has 120 valence electrons.